The molecule has 0 spiro atoms. The lowest BCUT2D eigenvalue weighted by molar-refractivity contribution is -0.107. The normalized spacial score (nSPS) is 16.1. The Morgan fingerprint density at radius 3 is 2.65 bits per heavy atom. The first-order valence-electron chi connectivity index (χ1n) is 16.4. The number of aldehydes is 1. The number of halogens is 3. The minimum Gasteiger partial charge on any atom is -0.491 e. The molecule has 0 saturated carbocycles. The molecule has 0 unspecified atom stereocenters. The number of hydrogen-bond donors (Lipinski definition) is 2. The van der Waals surface area contributed by atoms with Gasteiger partial charge in [0.15, 0.2) is 0 Å². The van der Waals surface area contributed by atoms with Gasteiger partial charge in [-0.1, -0.05) is 31.0 Å². The van der Waals surface area contributed by atoms with E-state index in [9.17, 15) is 9.59 Å². The number of alkyl halides is 2. The number of fused-ring (bicyclic) bond motifs is 1. The number of morpholine rings is 1. The Morgan fingerprint density at radius 1 is 1.13 bits per heavy atom. The second-order valence-corrected chi connectivity index (χ2v) is 12.1. The quantitative estimate of drug-likeness (QED) is 0.173. The molecule has 250 valence electrons. The van der Waals surface area contributed by atoms with E-state index in [4.69, 9.17) is 9.47 Å². The van der Waals surface area contributed by atoms with Gasteiger partial charge in [-0.25, -0.2) is 18.0 Å². The fraction of sp³-hybridized carbons (Fsp3) is 0.559. The van der Waals surface area contributed by atoms with Crippen LogP contribution < -0.4 is 26.0 Å². The molecule has 2 saturated heterocycles. The third-order valence-electron chi connectivity index (χ3n) is 8.97. The van der Waals surface area contributed by atoms with Gasteiger partial charge >= 0.3 is 5.69 Å². The predicted octanol–water partition coefficient (Wildman–Crippen LogP) is 5.18. The number of carbonyl (C=O) groups is 1. The molecular formula is C34H44F3N5O4. The van der Waals surface area contributed by atoms with Crippen LogP contribution in [0.25, 0.3) is 10.9 Å². The fourth-order valence-electron chi connectivity index (χ4n) is 6.31. The van der Waals surface area contributed by atoms with Crippen molar-refractivity contribution >= 4 is 28.7 Å². The van der Waals surface area contributed by atoms with E-state index in [-0.39, 0.29) is 18.5 Å². The number of piperidine rings is 1. The molecule has 5 rings (SSSR count). The lowest BCUT2D eigenvalue weighted by atomic mass is 9.86. The number of aromatic nitrogens is 2. The second kappa shape index (κ2) is 15.8. The summed E-state index contributed by atoms with van der Waals surface area (Å²) in [5, 5.41) is 6.94. The molecule has 1 aromatic heterocycles. The standard InChI is InChI=1S/C34H44F3N5O4/c1-41-31-27(22-26(42-16-20-45-21-17-42)23-29(31)46-19-6-4-2-3-5-18-43)32(40-33(41)44)39-15-10-24-8-7-9-28(30(24)35)34(36,37)25-11-13-38-14-12-25/h7-9,18,22-23,25,38H,2-6,10-17,19-21H2,1H3,(H,39,40,44). The molecule has 9 nitrogen and oxygen atoms in total. The maximum absolute atomic E-state index is 15.5. The Morgan fingerprint density at radius 2 is 1.89 bits per heavy atom. The van der Waals surface area contributed by atoms with Gasteiger partial charge in [0.1, 0.15) is 23.7 Å². The molecule has 2 aromatic carbocycles. The van der Waals surface area contributed by atoms with Crippen molar-refractivity contribution in [2.24, 2.45) is 13.0 Å². The molecule has 0 bridgehead atoms. The number of unbranched alkanes of at least 4 members (excludes halogenated alkanes) is 4. The van der Waals surface area contributed by atoms with Crippen molar-refractivity contribution in [2.75, 3.05) is 62.8 Å². The maximum atomic E-state index is 15.5. The summed E-state index contributed by atoms with van der Waals surface area (Å²) in [5.74, 6) is -4.18. The van der Waals surface area contributed by atoms with Gasteiger partial charge in [-0.05, 0) is 56.8 Å². The third-order valence-corrected chi connectivity index (χ3v) is 8.97. The van der Waals surface area contributed by atoms with Gasteiger partial charge in [-0.3, -0.25) is 4.57 Å². The van der Waals surface area contributed by atoms with Gasteiger partial charge in [0.25, 0.3) is 5.92 Å². The van der Waals surface area contributed by atoms with E-state index in [1.165, 1.54) is 22.8 Å². The van der Waals surface area contributed by atoms with E-state index < -0.39 is 28.9 Å². The Balaban J connectivity index is 1.38. The number of aryl methyl sites for hydroxylation is 1. The maximum Gasteiger partial charge on any atom is 0.349 e. The van der Waals surface area contributed by atoms with Gasteiger partial charge in [0.05, 0.1) is 30.9 Å². The average Bonchev–Trinajstić information content (AvgIpc) is 3.07. The summed E-state index contributed by atoms with van der Waals surface area (Å²) in [6.07, 6.45) is 5.70. The number of carbonyl (C=O) groups excluding carboxylic acids is 1. The number of rotatable bonds is 15. The summed E-state index contributed by atoms with van der Waals surface area (Å²) in [7, 11) is 1.64. The van der Waals surface area contributed by atoms with Gasteiger partial charge in [-0.15, -0.1) is 0 Å². The Bertz CT molecular complexity index is 1540. The lowest BCUT2D eigenvalue weighted by Gasteiger charge is -2.31. The van der Waals surface area contributed by atoms with E-state index in [1.807, 2.05) is 12.1 Å². The molecule has 0 radical (unpaired) electrons. The van der Waals surface area contributed by atoms with Crippen LogP contribution in [-0.4, -0.2) is 68.4 Å². The monoisotopic (exact) mass is 643 g/mol. The van der Waals surface area contributed by atoms with E-state index in [0.717, 1.165) is 37.7 Å². The number of ether oxygens (including phenoxy) is 2. The zero-order valence-corrected chi connectivity index (χ0v) is 26.5. The summed E-state index contributed by atoms with van der Waals surface area (Å²) < 4.78 is 59.5. The molecule has 2 aliphatic heterocycles. The van der Waals surface area contributed by atoms with Crippen molar-refractivity contribution in [3.8, 4) is 5.75 Å². The summed E-state index contributed by atoms with van der Waals surface area (Å²) in [6, 6.07) is 8.09. The topological polar surface area (TPSA) is 97.7 Å². The number of anilines is 2. The molecule has 0 aliphatic carbocycles. The molecule has 2 aliphatic rings. The molecule has 3 aromatic rings. The van der Waals surface area contributed by atoms with Crippen LogP contribution in [0.15, 0.2) is 35.1 Å². The minimum atomic E-state index is -3.26. The van der Waals surface area contributed by atoms with E-state index >= 15 is 13.2 Å². The van der Waals surface area contributed by atoms with Crippen LogP contribution in [0.1, 0.15) is 56.1 Å². The van der Waals surface area contributed by atoms with Gasteiger partial charge in [0.2, 0.25) is 0 Å². The third kappa shape index (κ3) is 7.83. The van der Waals surface area contributed by atoms with Crippen LogP contribution in [-0.2, 0) is 28.9 Å². The molecular weight excluding hydrogens is 599 g/mol. The highest BCUT2D eigenvalue weighted by atomic mass is 19.3. The van der Waals surface area contributed by atoms with Crippen molar-refractivity contribution in [3.63, 3.8) is 0 Å². The number of nitrogens with zero attached hydrogens (tertiary/aromatic N) is 3. The average molecular weight is 644 g/mol. The molecule has 12 heteroatoms. The molecule has 0 atom stereocenters. The Labute approximate surface area is 267 Å². The summed E-state index contributed by atoms with van der Waals surface area (Å²) in [5.41, 5.74) is 0.615. The number of hydrogen-bond acceptors (Lipinski definition) is 8. The predicted molar refractivity (Wildman–Crippen MR) is 173 cm³/mol. The Hall–Kier alpha value is -3.64. The highest BCUT2D eigenvalue weighted by Crippen LogP contribution is 2.42. The summed E-state index contributed by atoms with van der Waals surface area (Å²) in [4.78, 5) is 30.1. The minimum absolute atomic E-state index is 0.122. The largest absolute Gasteiger partial charge is 0.491 e. The number of benzene rings is 2. The van der Waals surface area contributed by atoms with Gasteiger partial charge in [-0.2, -0.15) is 4.98 Å². The van der Waals surface area contributed by atoms with E-state index in [2.05, 4.69) is 20.5 Å². The van der Waals surface area contributed by atoms with E-state index in [0.29, 0.717) is 87.7 Å². The van der Waals surface area contributed by atoms with Gasteiger partial charge in [0, 0.05) is 56.2 Å². The van der Waals surface area contributed by atoms with Gasteiger partial charge < -0.3 is 29.8 Å². The molecule has 3 heterocycles. The fourth-order valence-corrected chi connectivity index (χ4v) is 6.31. The SMILES string of the molecule is Cn1c(=O)nc(NCCc2cccc(C(F)(F)C3CCNCC3)c2F)c2cc(N3CCOCC3)cc(OCCCCCCC=O)c21. The first kappa shape index (κ1) is 33.7. The summed E-state index contributed by atoms with van der Waals surface area (Å²) >= 11 is 0. The first-order valence-corrected chi connectivity index (χ1v) is 16.4. The Kier molecular flexibility index (Phi) is 11.6. The molecule has 0 amide bonds. The second-order valence-electron chi connectivity index (χ2n) is 12.1. The molecule has 2 fully saturated rings. The van der Waals surface area contributed by atoms with Crippen molar-refractivity contribution in [3.05, 3.63) is 57.8 Å². The molecule has 2 N–H and O–H groups in total. The van der Waals surface area contributed by atoms with Crippen molar-refractivity contribution in [1.82, 2.24) is 14.9 Å². The van der Waals surface area contributed by atoms with Crippen LogP contribution >= 0.6 is 0 Å². The van der Waals surface area contributed by atoms with Crippen LogP contribution in [0.2, 0.25) is 0 Å². The zero-order valence-electron chi connectivity index (χ0n) is 26.5. The highest BCUT2D eigenvalue weighted by molar-refractivity contribution is 5.96. The zero-order chi connectivity index (χ0) is 32.5. The smallest absolute Gasteiger partial charge is 0.349 e. The van der Waals surface area contributed by atoms with Crippen LogP contribution in [0.4, 0.5) is 24.7 Å². The number of nitrogens with one attached hydrogen (secondary N) is 2. The van der Waals surface area contributed by atoms with E-state index in [1.54, 1.807) is 7.05 Å². The summed E-state index contributed by atoms with van der Waals surface area (Å²) in [6.45, 7) is 4.17. The van der Waals surface area contributed by atoms with Crippen molar-refractivity contribution < 1.29 is 27.4 Å². The molecule has 46 heavy (non-hydrogen) atoms. The lowest BCUT2D eigenvalue weighted by Crippen LogP contribution is -2.37. The first-order chi connectivity index (χ1) is 22.3. The van der Waals surface area contributed by atoms with Crippen molar-refractivity contribution in [2.45, 2.75) is 57.3 Å². The van der Waals surface area contributed by atoms with Crippen LogP contribution in [0, 0.1) is 11.7 Å². The van der Waals surface area contributed by atoms with Crippen molar-refractivity contribution in [1.29, 1.82) is 0 Å². The van der Waals surface area contributed by atoms with Crippen LogP contribution in [0.5, 0.6) is 5.75 Å². The van der Waals surface area contributed by atoms with Crippen LogP contribution in [0.3, 0.4) is 0 Å². The highest BCUT2D eigenvalue weighted by Gasteiger charge is 2.43.